The number of carbonyl (C=O) groups excluding carboxylic acids is 6. The quantitative estimate of drug-likeness (QED) is 0.0404. The van der Waals surface area contributed by atoms with E-state index in [0.717, 1.165) is 38.5 Å². The zero-order valence-electron chi connectivity index (χ0n) is 50.3. The Kier molecular flexibility index (Phi) is 30.2. The Balaban J connectivity index is 1.69. The number of nitrogens with two attached hydrogens (primary N) is 1. The lowest BCUT2D eigenvalue weighted by atomic mass is 10.1. The van der Waals surface area contributed by atoms with Gasteiger partial charge in [-0.3, -0.25) is 38.6 Å². The van der Waals surface area contributed by atoms with E-state index < -0.39 is 41.5 Å². The summed E-state index contributed by atoms with van der Waals surface area (Å²) in [6, 6.07) is 8.88. The lowest BCUT2D eigenvalue weighted by molar-refractivity contribution is 0.0899. The fraction of sp³-hybridized carbons (Fsp3) is 0.613. The van der Waals surface area contributed by atoms with Crippen molar-refractivity contribution in [1.29, 1.82) is 0 Å². The summed E-state index contributed by atoms with van der Waals surface area (Å²) in [5.74, 6) is -1.74. The number of ether oxygens (including phenoxy) is 6. The van der Waals surface area contributed by atoms with Crippen molar-refractivity contribution < 1.29 is 57.2 Å². The average molecular weight is 1160 g/mol. The Morgan fingerprint density at radius 3 is 0.831 bits per heavy atom. The smallest absolute Gasteiger partial charge is 0.255 e. The van der Waals surface area contributed by atoms with Crippen LogP contribution in [0.5, 0.6) is 34.5 Å². The maximum Gasteiger partial charge on any atom is 0.255 e. The molecular weight excluding hydrogens is 1060 g/mol. The fourth-order valence-corrected chi connectivity index (χ4v) is 9.26. The highest BCUT2D eigenvalue weighted by atomic mass is 16.5. The van der Waals surface area contributed by atoms with Crippen molar-refractivity contribution in [2.24, 2.45) is 5.73 Å². The van der Waals surface area contributed by atoms with Crippen LogP contribution in [0.25, 0.3) is 0 Å². The van der Waals surface area contributed by atoms with Gasteiger partial charge in [-0.1, -0.05) is 80.1 Å². The monoisotopic (exact) mass is 1160 g/mol. The largest absolute Gasteiger partial charge is 0.489 e. The number of unbranched alkanes of at least 4 members (excludes halogenated alkanes) is 6. The SMILES string of the molecule is CCCCOc1c2ccc(c1OCCCC)C(=O)NCCN1CCNC(=O)c3ccc(c(OCCCC)c3OCCCC)C(=O)NCCN(CCNC2=O)CCNC(=O)c2ccc(c(OCCCC)c2OCCCC)C(=O)N[C@@H](CCN)C1. The first-order valence-corrected chi connectivity index (χ1v) is 30.6. The summed E-state index contributed by atoms with van der Waals surface area (Å²) in [7, 11) is 0. The van der Waals surface area contributed by atoms with Gasteiger partial charge in [0.1, 0.15) is 0 Å². The molecule has 8 bridgehead atoms. The van der Waals surface area contributed by atoms with Crippen molar-refractivity contribution in [2.45, 2.75) is 131 Å². The zero-order valence-corrected chi connectivity index (χ0v) is 50.3. The number of amides is 6. The highest BCUT2D eigenvalue weighted by Crippen LogP contribution is 2.39. The van der Waals surface area contributed by atoms with E-state index in [1.807, 2.05) is 51.3 Å². The molecule has 0 aromatic heterocycles. The molecule has 1 atom stereocenters. The molecule has 0 saturated heterocycles. The molecule has 0 spiro atoms. The van der Waals surface area contributed by atoms with Crippen LogP contribution in [0.15, 0.2) is 36.4 Å². The van der Waals surface area contributed by atoms with E-state index in [2.05, 4.69) is 31.9 Å². The fourth-order valence-electron chi connectivity index (χ4n) is 9.26. The van der Waals surface area contributed by atoms with Gasteiger partial charge >= 0.3 is 0 Å². The molecule has 0 fully saturated rings. The van der Waals surface area contributed by atoms with Gasteiger partial charge in [-0.25, -0.2) is 0 Å². The number of nitrogens with zero attached hydrogens (tertiary/aromatic N) is 2. The van der Waals surface area contributed by atoms with Crippen LogP contribution in [0.4, 0.5) is 0 Å². The summed E-state index contributed by atoms with van der Waals surface area (Å²) in [5, 5.41) is 18.5. The number of nitrogens with one attached hydrogen (secondary N) is 6. The second-order valence-electron chi connectivity index (χ2n) is 20.8. The third-order valence-corrected chi connectivity index (χ3v) is 14.2. The Bertz CT molecular complexity index is 2430. The van der Waals surface area contributed by atoms with E-state index in [1.54, 1.807) is 36.4 Å². The summed E-state index contributed by atoms with van der Waals surface area (Å²) in [5.41, 5.74) is 7.41. The van der Waals surface area contributed by atoms with E-state index in [-0.39, 0.29) is 186 Å². The van der Waals surface area contributed by atoms with Crippen LogP contribution in [-0.4, -0.2) is 169 Å². The van der Waals surface area contributed by atoms with Crippen molar-refractivity contribution in [3.63, 3.8) is 0 Å². The molecule has 3 aromatic carbocycles. The molecule has 6 amide bonds. The normalized spacial score (nSPS) is 17.9. The molecule has 12 aliphatic rings. The molecular formula is C62H95N9O12. The standard InChI is InChI=1S/C62H95N9O12/c1-7-13-37-78-51-45-19-21-47(53(51)80-39-15-9-3)60(75)67-30-35-71-36-31-68-61(76)48-22-20-46(52(79-38-14-8-2)54(48)81-40-16-10-4)58(73)65-28-33-70(32-27-64-57(45)72)34-29-66-59(74)49-23-24-50(62(77)69-44(43-71)25-26-63)56(83-42-18-12-6)55(49)82-41-17-11-5/h19-24,44H,7-18,25-43,63H2,1-6H3,(H,64,72)(H,65,73)(H,66,74)(H,67,75)(H,68,76)(H,69,77)/t44-/m0/s1. The number of benzene rings is 3. The molecule has 21 nitrogen and oxygen atoms in total. The third kappa shape index (κ3) is 20.8. The number of carbonyl (C=O) groups is 6. The lowest BCUT2D eigenvalue weighted by Gasteiger charge is -2.29. The summed E-state index contributed by atoms with van der Waals surface area (Å²) in [6.07, 6.45) is 9.39. The first-order valence-electron chi connectivity index (χ1n) is 30.6. The Labute approximate surface area is 491 Å². The molecule has 21 heteroatoms. The second-order valence-corrected chi connectivity index (χ2v) is 20.8. The van der Waals surface area contributed by atoms with E-state index in [4.69, 9.17) is 34.2 Å². The minimum absolute atomic E-state index is 0.115. The van der Waals surface area contributed by atoms with Gasteiger partial charge in [0.25, 0.3) is 35.4 Å². The molecule has 3 aromatic rings. The van der Waals surface area contributed by atoms with Gasteiger partial charge < -0.3 is 66.1 Å². The predicted octanol–water partition coefficient (Wildman–Crippen LogP) is 6.89. The van der Waals surface area contributed by atoms with Crippen molar-refractivity contribution in [2.75, 3.05) is 118 Å². The van der Waals surface area contributed by atoms with Gasteiger partial charge in [0.2, 0.25) is 0 Å². The Hall–Kier alpha value is -6.84. The van der Waals surface area contributed by atoms with Crippen molar-refractivity contribution in [3.05, 3.63) is 69.8 Å². The van der Waals surface area contributed by atoms with Crippen molar-refractivity contribution in [3.8, 4) is 34.5 Å². The molecule has 12 aliphatic heterocycles. The average Bonchev–Trinajstić information content (AvgIpc) is 3.51. The minimum Gasteiger partial charge on any atom is -0.489 e. The topological polar surface area (TPSA) is 262 Å². The molecule has 12 heterocycles. The molecule has 460 valence electrons. The molecule has 8 N–H and O–H groups in total. The highest BCUT2D eigenvalue weighted by molar-refractivity contribution is 6.05. The van der Waals surface area contributed by atoms with Gasteiger partial charge in [-0.05, 0) is 87.9 Å². The van der Waals surface area contributed by atoms with E-state index in [1.165, 1.54) is 0 Å². The van der Waals surface area contributed by atoms with Crippen LogP contribution < -0.4 is 66.1 Å². The van der Waals surface area contributed by atoms with Crippen LogP contribution in [-0.2, 0) is 0 Å². The first-order chi connectivity index (χ1) is 40.4. The molecule has 0 unspecified atom stereocenters. The predicted molar refractivity (Wildman–Crippen MR) is 321 cm³/mol. The number of hydrogen-bond donors (Lipinski definition) is 7. The highest BCUT2D eigenvalue weighted by Gasteiger charge is 2.30. The van der Waals surface area contributed by atoms with Gasteiger partial charge in [0, 0.05) is 78.0 Å². The third-order valence-electron chi connectivity index (χ3n) is 14.2. The van der Waals surface area contributed by atoms with Gasteiger partial charge in [-0.15, -0.1) is 0 Å². The lowest BCUT2D eigenvalue weighted by Crippen LogP contribution is -2.48. The maximum absolute atomic E-state index is 14.8. The van der Waals surface area contributed by atoms with E-state index in [9.17, 15) is 28.8 Å². The number of hydrogen-bond acceptors (Lipinski definition) is 15. The Morgan fingerprint density at radius 2 is 0.602 bits per heavy atom. The van der Waals surface area contributed by atoms with Gasteiger partial charge in [0.15, 0.2) is 34.5 Å². The summed E-state index contributed by atoms with van der Waals surface area (Å²) < 4.78 is 38.2. The summed E-state index contributed by atoms with van der Waals surface area (Å²) >= 11 is 0. The summed E-state index contributed by atoms with van der Waals surface area (Å²) in [6.45, 7) is 16.2. The van der Waals surface area contributed by atoms with Crippen LogP contribution >= 0.6 is 0 Å². The zero-order chi connectivity index (χ0) is 59.8. The number of rotatable bonds is 26. The molecule has 15 rings (SSSR count). The van der Waals surface area contributed by atoms with Gasteiger partial charge in [-0.2, -0.15) is 0 Å². The maximum atomic E-state index is 14.8. The van der Waals surface area contributed by atoms with E-state index >= 15 is 0 Å². The molecule has 0 aliphatic carbocycles. The minimum atomic E-state index is -0.560. The molecule has 83 heavy (non-hydrogen) atoms. The van der Waals surface area contributed by atoms with Crippen molar-refractivity contribution in [1.82, 2.24) is 41.7 Å². The Morgan fingerprint density at radius 1 is 0.373 bits per heavy atom. The molecule has 0 radical (unpaired) electrons. The second kappa shape index (κ2) is 37.4. The van der Waals surface area contributed by atoms with Crippen LogP contribution in [0.2, 0.25) is 0 Å². The van der Waals surface area contributed by atoms with Crippen molar-refractivity contribution >= 4 is 35.4 Å². The van der Waals surface area contributed by atoms with Crippen LogP contribution in [0, 0.1) is 0 Å². The molecule has 0 saturated carbocycles. The van der Waals surface area contributed by atoms with E-state index in [0.29, 0.717) is 44.9 Å². The van der Waals surface area contributed by atoms with Crippen LogP contribution in [0.3, 0.4) is 0 Å². The summed E-state index contributed by atoms with van der Waals surface area (Å²) in [4.78, 5) is 90.9. The van der Waals surface area contributed by atoms with Gasteiger partial charge in [0.05, 0.1) is 73.0 Å². The first kappa shape index (κ1) is 67.0. The van der Waals surface area contributed by atoms with Crippen LogP contribution in [0.1, 0.15) is 187 Å².